The van der Waals surface area contributed by atoms with E-state index < -0.39 is 0 Å². The average molecular weight is 346 g/mol. The molecule has 1 aliphatic rings. The maximum atomic E-state index is 5.50. The highest BCUT2D eigenvalue weighted by Gasteiger charge is 2.24. The van der Waals surface area contributed by atoms with Gasteiger partial charge in [0.15, 0.2) is 0 Å². The van der Waals surface area contributed by atoms with Gasteiger partial charge in [0.2, 0.25) is 0 Å². The molecule has 1 saturated heterocycles. The number of anilines is 1. The molecular formula is C18H30N6O. The first-order valence-corrected chi connectivity index (χ1v) is 9.04. The first kappa shape index (κ1) is 17.9. The fourth-order valence-electron chi connectivity index (χ4n) is 3.58. The lowest BCUT2D eigenvalue weighted by atomic mass is 10.0. The Hall–Kier alpha value is -1.86. The summed E-state index contributed by atoms with van der Waals surface area (Å²) in [6.45, 7) is 10.7. The number of morpholine rings is 1. The summed E-state index contributed by atoms with van der Waals surface area (Å²) in [5, 5.41) is 8.38. The number of nitrogens with one attached hydrogen (secondary N) is 1. The van der Waals surface area contributed by atoms with Crippen molar-refractivity contribution in [3.63, 3.8) is 0 Å². The number of rotatable bonds is 6. The third kappa shape index (κ3) is 3.72. The predicted octanol–water partition coefficient (Wildman–Crippen LogP) is 1.79. The van der Waals surface area contributed by atoms with Gasteiger partial charge >= 0.3 is 0 Å². The SMILES string of the molecule is Cc1nn(C)c(N2CCOCC2)c1CN[C@H](c1nccn1C)C(C)C. The average Bonchev–Trinajstić information content (AvgIpc) is 3.11. The van der Waals surface area contributed by atoms with Gasteiger partial charge in [-0.2, -0.15) is 5.10 Å². The first-order valence-electron chi connectivity index (χ1n) is 9.04. The molecule has 0 saturated carbocycles. The van der Waals surface area contributed by atoms with E-state index in [1.807, 2.05) is 31.2 Å². The van der Waals surface area contributed by atoms with E-state index in [-0.39, 0.29) is 6.04 Å². The summed E-state index contributed by atoms with van der Waals surface area (Å²) in [6, 6.07) is 0.206. The van der Waals surface area contributed by atoms with Gasteiger partial charge in [0, 0.05) is 51.7 Å². The normalized spacial score (nSPS) is 16.6. The summed E-state index contributed by atoms with van der Waals surface area (Å²) >= 11 is 0. The van der Waals surface area contributed by atoms with Gasteiger partial charge in [0.25, 0.3) is 0 Å². The number of aromatic nitrogens is 4. The second-order valence-electron chi connectivity index (χ2n) is 7.11. The highest BCUT2D eigenvalue weighted by molar-refractivity contribution is 5.50. The third-order valence-corrected chi connectivity index (χ3v) is 4.93. The second-order valence-corrected chi connectivity index (χ2v) is 7.11. The van der Waals surface area contributed by atoms with Crippen molar-refractivity contribution >= 4 is 5.82 Å². The van der Waals surface area contributed by atoms with Crippen molar-refractivity contribution in [3.05, 3.63) is 29.5 Å². The molecule has 3 heterocycles. The Kier molecular flexibility index (Phi) is 5.44. The zero-order valence-electron chi connectivity index (χ0n) is 16.0. The van der Waals surface area contributed by atoms with Crippen LogP contribution in [0.1, 0.15) is 37.0 Å². The van der Waals surface area contributed by atoms with Crippen molar-refractivity contribution < 1.29 is 4.74 Å². The summed E-state index contributed by atoms with van der Waals surface area (Å²) in [7, 11) is 4.08. The molecule has 1 fully saturated rings. The van der Waals surface area contributed by atoms with Crippen LogP contribution < -0.4 is 10.2 Å². The smallest absolute Gasteiger partial charge is 0.131 e. The zero-order chi connectivity index (χ0) is 18.0. The number of aryl methyl sites for hydroxylation is 3. The van der Waals surface area contributed by atoms with Crippen LogP contribution in [0.3, 0.4) is 0 Å². The second kappa shape index (κ2) is 7.58. The number of hydrogen-bond acceptors (Lipinski definition) is 5. The largest absolute Gasteiger partial charge is 0.378 e. The maximum absolute atomic E-state index is 5.50. The van der Waals surface area contributed by atoms with Gasteiger partial charge in [0.05, 0.1) is 24.9 Å². The van der Waals surface area contributed by atoms with E-state index in [0.29, 0.717) is 5.92 Å². The van der Waals surface area contributed by atoms with E-state index in [9.17, 15) is 0 Å². The van der Waals surface area contributed by atoms with E-state index in [1.165, 1.54) is 11.4 Å². The van der Waals surface area contributed by atoms with Crippen molar-refractivity contribution in [2.75, 3.05) is 31.2 Å². The predicted molar refractivity (Wildman–Crippen MR) is 98.6 cm³/mol. The Morgan fingerprint density at radius 2 is 1.96 bits per heavy atom. The third-order valence-electron chi connectivity index (χ3n) is 4.93. The minimum absolute atomic E-state index is 0.206. The van der Waals surface area contributed by atoms with E-state index >= 15 is 0 Å². The van der Waals surface area contributed by atoms with Crippen LogP contribution in [0.5, 0.6) is 0 Å². The molecule has 25 heavy (non-hydrogen) atoms. The monoisotopic (exact) mass is 346 g/mol. The summed E-state index contributed by atoms with van der Waals surface area (Å²) in [5.41, 5.74) is 2.35. The van der Waals surface area contributed by atoms with Crippen LogP contribution >= 0.6 is 0 Å². The Labute approximate surface area is 150 Å². The molecule has 1 aliphatic heterocycles. The van der Waals surface area contributed by atoms with Gasteiger partial charge in [-0.3, -0.25) is 4.68 Å². The minimum Gasteiger partial charge on any atom is -0.378 e. The van der Waals surface area contributed by atoms with Crippen molar-refractivity contribution in [3.8, 4) is 0 Å². The standard InChI is InChI=1S/C18H30N6O/c1-13(2)16(17-19-6-7-22(17)4)20-12-15-14(3)21-23(5)18(15)24-8-10-25-11-9-24/h6-7,13,16,20H,8-12H2,1-5H3/t16-/m0/s1. The molecule has 0 radical (unpaired) electrons. The molecule has 0 aliphatic carbocycles. The lowest BCUT2D eigenvalue weighted by Crippen LogP contribution is -2.38. The highest BCUT2D eigenvalue weighted by atomic mass is 16.5. The Morgan fingerprint density at radius 3 is 2.56 bits per heavy atom. The summed E-state index contributed by atoms with van der Waals surface area (Å²) in [6.07, 6.45) is 3.86. The number of ether oxygens (including phenoxy) is 1. The van der Waals surface area contributed by atoms with E-state index in [2.05, 4.69) is 45.6 Å². The molecule has 0 bridgehead atoms. The molecule has 0 spiro atoms. The van der Waals surface area contributed by atoms with Gasteiger partial charge in [-0.25, -0.2) is 4.98 Å². The van der Waals surface area contributed by atoms with Crippen LogP contribution in [0.2, 0.25) is 0 Å². The van der Waals surface area contributed by atoms with Gasteiger partial charge < -0.3 is 19.5 Å². The van der Waals surface area contributed by atoms with Crippen LogP contribution in [0, 0.1) is 12.8 Å². The molecule has 2 aromatic heterocycles. The van der Waals surface area contributed by atoms with Gasteiger partial charge in [-0.05, 0) is 12.8 Å². The molecule has 0 amide bonds. The lowest BCUT2D eigenvalue weighted by molar-refractivity contribution is 0.122. The van der Waals surface area contributed by atoms with Crippen LogP contribution in [0.15, 0.2) is 12.4 Å². The lowest BCUT2D eigenvalue weighted by Gasteiger charge is -2.30. The Morgan fingerprint density at radius 1 is 1.24 bits per heavy atom. The molecule has 2 aromatic rings. The number of nitrogens with zero attached hydrogens (tertiary/aromatic N) is 5. The van der Waals surface area contributed by atoms with Crippen molar-refractivity contribution in [2.45, 2.75) is 33.4 Å². The molecule has 1 atom stereocenters. The highest BCUT2D eigenvalue weighted by Crippen LogP contribution is 2.26. The van der Waals surface area contributed by atoms with Crippen LogP contribution in [0.25, 0.3) is 0 Å². The summed E-state index contributed by atoms with van der Waals surface area (Å²) < 4.78 is 9.60. The van der Waals surface area contributed by atoms with Gasteiger partial charge in [-0.1, -0.05) is 13.8 Å². The van der Waals surface area contributed by atoms with Crippen LogP contribution in [0.4, 0.5) is 5.82 Å². The molecule has 0 unspecified atom stereocenters. The molecule has 0 aromatic carbocycles. The zero-order valence-corrected chi connectivity index (χ0v) is 16.0. The minimum atomic E-state index is 0.206. The molecule has 1 N–H and O–H groups in total. The van der Waals surface area contributed by atoms with Crippen molar-refractivity contribution in [2.24, 2.45) is 20.0 Å². The quantitative estimate of drug-likeness (QED) is 0.864. The van der Waals surface area contributed by atoms with E-state index in [0.717, 1.165) is 44.4 Å². The van der Waals surface area contributed by atoms with Crippen molar-refractivity contribution in [1.29, 1.82) is 0 Å². The molecule has 3 rings (SSSR count). The summed E-state index contributed by atoms with van der Waals surface area (Å²) in [5.74, 6) is 2.73. The Bertz CT molecular complexity index is 698. The first-order chi connectivity index (χ1) is 12.0. The maximum Gasteiger partial charge on any atom is 0.131 e. The van der Waals surface area contributed by atoms with Crippen molar-refractivity contribution in [1.82, 2.24) is 24.6 Å². The van der Waals surface area contributed by atoms with Gasteiger partial charge in [-0.15, -0.1) is 0 Å². The van der Waals surface area contributed by atoms with Crippen LogP contribution in [-0.4, -0.2) is 45.6 Å². The molecule has 138 valence electrons. The molecular weight excluding hydrogens is 316 g/mol. The van der Waals surface area contributed by atoms with E-state index in [4.69, 9.17) is 4.74 Å². The van der Waals surface area contributed by atoms with Crippen LogP contribution in [-0.2, 0) is 25.4 Å². The van der Waals surface area contributed by atoms with E-state index in [1.54, 1.807) is 0 Å². The fraction of sp³-hybridized carbons (Fsp3) is 0.667. The fourth-order valence-corrected chi connectivity index (χ4v) is 3.58. The molecule has 7 nitrogen and oxygen atoms in total. The summed E-state index contributed by atoms with van der Waals surface area (Å²) in [4.78, 5) is 6.92. The molecule has 7 heteroatoms. The van der Waals surface area contributed by atoms with Gasteiger partial charge in [0.1, 0.15) is 11.6 Å². The topological polar surface area (TPSA) is 60.1 Å². The number of hydrogen-bond donors (Lipinski definition) is 1. The number of imidazole rings is 1. The Balaban J connectivity index is 1.81.